The van der Waals surface area contributed by atoms with E-state index < -0.39 is 11.6 Å². The molecule has 0 unspecified atom stereocenters. The van der Waals surface area contributed by atoms with Gasteiger partial charge in [-0.15, -0.1) is 0 Å². The Kier molecular flexibility index (Phi) is 3.19. The number of halogens is 2. The van der Waals surface area contributed by atoms with Gasteiger partial charge in [-0.2, -0.15) is 5.10 Å². The van der Waals surface area contributed by atoms with Gasteiger partial charge >= 0.3 is 0 Å². The maximum Gasteiger partial charge on any atom is 0.135 e. The van der Waals surface area contributed by atoms with Crippen molar-refractivity contribution in [1.29, 1.82) is 0 Å². The number of hydrogen-bond acceptors (Lipinski definition) is 2. The first-order chi connectivity index (χ1) is 8.11. The van der Waals surface area contributed by atoms with Crippen LogP contribution in [-0.4, -0.2) is 16.8 Å². The molecule has 1 N–H and O–H groups in total. The number of aromatic nitrogens is 2. The number of nitrogens with zero attached hydrogens (tertiary/aromatic N) is 2. The second-order valence-corrected chi connectivity index (χ2v) is 3.80. The summed E-state index contributed by atoms with van der Waals surface area (Å²) in [4.78, 5) is 0. The smallest absolute Gasteiger partial charge is 0.135 e. The second kappa shape index (κ2) is 4.63. The van der Waals surface area contributed by atoms with Crippen LogP contribution in [0.15, 0.2) is 24.3 Å². The standard InChI is InChI=1S/C12H13F2N3/c1-15-7-9-6-12(17(2)16-9)10-4-3-8(13)5-11(10)14/h3-6,15H,7H2,1-2H3. The monoisotopic (exact) mass is 237 g/mol. The normalized spacial score (nSPS) is 10.8. The van der Waals surface area contributed by atoms with Crippen molar-refractivity contribution in [3.05, 3.63) is 41.6 Å². The van der Waals surface area contributed by atoms with Crippen LogP contribution in [0, 0.1) is 11.6 Å². The summed E-state index contributed by atoms with van der Waals surface area (Å²) in [5.74, 6) is -1.16. The lowest BCUT2D eigenvalue weighted by Crippen LogP contribution is -2.05. The molecular formula is C12H13F2N3. The fraction of sp³-hybridized carbons (Fsp3) is 0.250. The molecule has 0 spiro atoms. The summed E-state index contributed by atoms with van der Waals surface area (Å²) >= 11 is 0. The largest absolute Gasteiger partial charge is 0.314 e. The van der Waals surface area contributed by atoms with Crippen LogP contribution >= 0.6 is 0 Å². The number of rotatable bonds is 3. The van der Waals surface area contributed by atoms with Crippen molar-refractivity contribution in [3.63, 3.8) is 0 Å². The molecule has 0 aliphatic rings. The third kappa shape index (κ3) is 2.34. The summed E-state index contributed by atoms with van der Waals surface area (Å²) in [6, 6.07) is 5.32. The minimum absolute atomic E-state index is 0.351. The molecule has 0 atom stereocenters. The predicted molar refractivity (Wildman–Crippen MR) is 61.3 cm³/mol. The Hall–Kier alpha value is -1.75. The van der Waals surface area contributed by atoms with Crippen molar-refractivity contribution < 1.29 is 8.78 Å². The number of benzene rings is 1. The van der Waals surface area contributed by atoms with Gasteiger partial charge < -0.3 is 5.32 Å². The molecule has 0 bridgehead atoms. The fourth-order valence-electron chi connectivity index (χ4n) is 1.74. The van der Waals surface area contributed by atoms with Crippen molar-refractivity contribution in [3.8, 4) is 11.3 Å². The molecule has 2 aromatic rings. The molecule has 1 heterocycles. The van der Waals surface area contributed by atoms with E-state index in [0.717, 1.165) is 11.8 Å². The minimum atomic E-state index is -0.580. The van der Waals surface area contributed by atoms with E-state index in [-0.39, 0.29) is 0 Å². The Labute approximate surface area is 98.1 Å². The third-order valence-corrected chi connectivity index (χ3v) is 2.50. The molecule has 5 heteroatoms. The van der Waals surface area contributed by atoms with Gasteiger partial charge in [-0.25, -0.2) is 8.78 Å². The fourth-order valence-corrected chi connectivity index (χ4v) is 1.74. The molecule has 17 heavy (non-hydrogen) atoms. The molecule has 1 aromatic carbocycles. The summed E-state index contributed by atoms with van der Waals surface area (Å²) in [7, 11) is 3.55. The molecule has 3 nitrogen and oxygen atoms in total. The van der Waals surface area contributed by atoms with Crippen LogP contribution in [0.1, 0.15) is 5.69 Å². The van der Waals surface area contributed by atoms with E-state index >= 15 is 0 Å². The number of hydrogen-bond donors (Lipinski definition) is 1. The van der Waals surface area contributed by atoms with Crippen LogP contribution in [0.25, 0.3) is 11.3 Å². The lowest BCUT2D eigenvalue weighted by atomic mass is 10.1. The Bertz CT molecular complexity index is 535. The van der Waals surface area contributed by atoms with E-state index in [2.05, 4.69) is 10.4 Å². The first-order valence-electron chi connectivity index (χ1n) is 5.24. The maximum absolute atomic E-state index is 13.6. The maximum atomic E-state index is 13.6. The van der Waals surface area contributed by atoms with Crippen LogP contribution in [-0.2, 0) is 13.6 Å². The molecule has 0 amide bonds. The van der Waals surface area contributed by atoms with Gasteiger partial charge in [-0.05, 0) is 25.2 Å². The molecule has 0 aliphatic carbocycles. The van der Waals surface area contributed by atoms with Gasteiger partial charge in [0.2, 0.25) is 0 Å². The van der Waals surface area contributed by atoms with E-state index in [1.54, 1.807) is 17.8 Å². The first kappa shape index (κ1) is 11.7. The van der Waals surface area contributed by atoms with E-state index in [4.69, 9.17) is 0 Å². The summed E-state index contributed by atoms with van der Waals surface area (Å²) in [5, 5.41) is 7.20. The molecule has 0 aliphatic heterocycles. The van der Waals surface area contributed by atoms with Crippen LogP contribution in [0.5, 0.6) is 0 Å². The predicted octanol–water partition coefficient (Wildman–Crippen LogP) is 2.08. The van der Waals surface area contributed by atoms with E-state index in [9.17, 15) is 8.78 Å². The average Bonchev–Trinajstić information content (AvgIpc) is 2.60. The van der Waals surface area contributed by atoms with E-state index in [0.29, 0.717) is 17.8 Å². The summed E-state index contributed by atoms with van der Waals surface area (Å²) in [5.41, 5.74) is 1.80. The van der Waals surface area contributed by atoms with Gasteiger partial charge in [0, 0.05) is 25.2 Å². The van der Waals surface area contributed by atoms with Crippen LogP contribution < -0.4 is 5.32 Å². The van der Waals surface area contributed by atoms with Crippen LogP contribution in [0.2, 0.25) is 0 Å². The lowest BCUT2D eigenvalue weighted by molar-refractivity contribution is 0.584. The molecule has 0 saturated heterocycles. The molecule has 2 rings (SSSR count). The highest BCUT2D eigenvalue weighted by Crippen LogP contribution is 2.23. The zero-order valence-electron chi connectivity index (χ0n) is 9.67. The van der Waals surface area contributed by atoms with Crippen molar-refractivity contribution in [2.24, 2.45) is 7.05 Å². The third-order valence-electron chi connectivity index (χ3n) is 2.50. The van der Waals surface area contributed by atoms with E-state index in [1.165, 1.54) is 12.1 Å². The Morgan fingerprint density at radius 1 is 1.29 bits per heavy atom. The van der Waals surface area contributed by atoms with Gasteiger partial charge in [-0.1, -0.05) is 0 Å². The lowest BCUT2D eigenvalue weighted by Gasteiger charge is -2.03. The quantitative estimate of drug-likeness (QED) is 0.885. The highest BCUT2D eigenvalue weighted by Gasteiger charge is 2.11. The summed E-state index contributed by atoms with van der Waals surface area (Å²) in [6.07, 6.45) is 0. The number of aryl methyl sites for hydroxylation is 1. The van der Waals surface area contributed by atoms with Gasteiger partial charge in [0.25, 0.3) is 0 Å². The van der Waals surface area contributed by atoms with Gasteiger partial charge in [-0.3, -0.25) is 4.68 Å². The molecule has 0 radical (unpaired) electrons. The Morgan fingerprint density at radius 3 is 2.71 bits per heavy atom. The molecule has 0 saturated carbocycles. The van der Waals surface area contributed by atoms with Gasteiger partial charge in [0.1, 0.15) is 11.6 Å². The molecule has 1 aromatic heterocycles. The molecule has 90 valence electrons. The molecule has 0 fully saturated rings. The zero-order valence-corrected chi connectivity index (χ0v) is 9.67. The highest BCUT2D eigenvalue weighted by atomic mass is 19.1. The topological polar surface area (TPSA) is 29.9 Å². The minimum Gasteiger partial charge on any atom is -0.314 e. The number of nitrogens with one attached hydrogen (secondary N) is 1. The average molecular weight is 237 g/mol. The van der Waals surface area contributed by atoms with Crippen molar-refractivity contribution >= 4 is 0 Å². The first-order valence-corrected chi connectivity index (χ1v) is 5.24. The van der Waals surface area contributed by atoms with E-state index in [1.807, 2.05) is 7.05 Å². The SMILES string of the molecule is CNCc1cc(-c2ccc(F)cc2F)n(C)n1. The van der Waals surface area contributed by atoms with Crippen molar-refractivity contribution in [1.82, 2.24) is 15.1 Å². The van der Waals surface area contributed by atoms with Crippen LogP contribution in [0.4, 0.5) is 8.78 Å². The van der Waals surface area contributed by atoms with Crippen molar-refractivity contribution in [2.45, 2.75) is 6.54 Å². The summed E-state index contributed by atoms with van der Waals surface area (Å²) < 4.78 is 28.0. The second-order valence-electron chi connectivity index (χ2n) is 3.80. The Balaban J connectivity index is 2.45. The van der Waals surface area contributed by atoms with Gasteiger partial charge in [0.05, 0.1) is 11.4 Å². The van der Waals surface area contributed by atoms with Crippen molar-refractivity contribution in [2.75, 3.05) is 7.05 Å². The Morgan fingerprint density at radius 2 is 2.06 bits per heavy atom. The summed E-state index contributed by atoms with van der Waals surface area (Å²) in [6.45, 7) is 0.608. The van der Waals surface area contributed by atoms with Gasteiger partial charge in [0.15, 0.2) is 0 Å². The highest BCUT2D eigenvalue weighted by molar-refractivity contribution is 5.60. The zero-order chi connectivity index (χ0) is 12.4. The molecular weight excluding hydrogens is 224 g/mol. The van der Waals surface area contributed by atoms with Crippen LogP contribution in [0.3, 0.4) is 0 Å².